The van der Waals surface area contributed by atoms with E-state index in [1.54, 1.807) is 18.2 Å². The first-order valence-electron chi connectivity index (χ1n) is 6.73. The number of hydrogen-bond acceptors (Lipinski definition) is 2. The lowest BCUT2D eigenvalue weighted by Crippen LogP contribution is -2.46. The molecule has 5 nitrogen and oxygen atoms in total. The van der Waals surface area contributed by atoms with Gasteiger partial charge in [-0.2, -0.15) is 0 Å². The maximum Gasteiger partial charge on any atom is 0.319 e. The molecule has 1 fully saturated rings. The fourth-order valence-corrected chi connectivity index (χ4v) is 3.06. The van der Waals surface area contributed by atoms with Crippen LogP contribution >= 0.6 is 27.5 Å². The Bertz CT molecular complexity index is 553. The number of aliphatic carboxylic acids is 1. The Hall–Kier alpha value is -1.27. The lowest BCUT2D eigenvalue weighted by atomic mass is 9.84. The Labute approximate surface area is 136 Å². The SMILES string of the molecule is O=C(Nc1cccc(Cl)c1Br)NC1CCCCC1C(=O)O. The fraction of sp³-hybridized carbons (Fsp3) is 0.429. The zero-order valence-corrected chi connectivity index (χ0v) is 13.6. The lowest BCUT2D eigenvalue weighted by molar-refractivity contribution is -0.143. The van der Waals surface area contributed by atoms with Crippen LogP contribution < -0.4 is 10.6 Å². The summed E-state index contributed by atoms with van der Waals surface area (Å²) in [6.07, 6.45) is 3.09. The largest absolute Gasteiger partial charge is 0.481 e. The third-order valence-electron chi connectivity index (χ3n) is 3.60. The van der Waals surface area contributed by atoms with E-state index < -0.39 is 17.9 Å². The lowest BCUT2D eigenvalue weighted by Gasteiger charge is -2.29. The zero-order chi connectivity index (χ0) is 15.4. The van der Waals surface area contributed by atoms with Gasteiger partial charge in [0, 0.05) is 6.04 Å². The predicted molar refractivity (Wildman–Crippen MR) is 84.7 cm³/mol. The summed E-state index contributed by atoms with van der Waals surface area (Å²) in [7, 11) is 0. The molecule has 2 amide bonds. The van der Waals surface area contributed by atoms with Crippen molar-refractivity contribution >= 4 is 45.2 Å². The molecule has 0 heterocycles. The molecule has 2 unspecified atom stereocenters. The third-order valence-corrected chi connectivity index (χ3v) is 5.00. The van der Waals surface area contributed by atoms with Crippen molar-refractivity contribution in [3.8, 4) is 0 Å². The highest BCUT2D eigenvalue weighted by molar-refractivity contribution is 9.10. The maximum absolute atomic E-state index is 12.0. The highest BCUT2D eigenvalue weighted by Gasteiger charge is 2.31. The van der Waals surface area contributed by atoms with Crippen molar-refractivity contribution in [2.45, 2.75) is 31.7 Å². The number of carbonyl (C=O) groups excluding carboxylic acids is 1. The highest BCUT2D eigenvalue weighted by atomic mass is 79.9. The summed E-state index contributed by atoms with van der Waals surface area (Å²) in [5.41, 5.74) is 0.544. The summed E-state index contributed by atoms with van der Waals surface area (Å²) in [6, 6.07) is 4.38. The van der Waals surface area contributed by atoms with Gasteiger partial charge in [0.25, 0.3) is 0 Å². The van der Waals surface area contributed by atoms with Gasteiger partial charge in [-0.25, -0.2) is 4.79 Å². The summed E-state index contributed by atoms with van der Waals surface area (Å²) in [4.78, 5) is 23.2. The highest BCUT2D eigenvalue weighted by Crippen LogP contribution is 2.30. The van der Waals surface area contributed by atoms with Crippen molar-refractivity contribution in [3.05, 3.63) is 27.7 Å². The monoisotopic (exact) mass is 374 g/mol. The van der Waals surface area contributed by atoms with E-state index in [-0.39, 0.29) is 6.04 Å². The molecule has 2 rings (SSSR count). The van der Waals surface area contributed by atoms with Gasteiger partial charge in [0.1, 0.15) is 0 Å². The van der Waals surface area contributed by atoms with Crippen molar-refractivity contribution < 1.29 is 14.7 Å². The van der Waals surface area contributed by atoms with Crippen LogP contribution in [0, 0.1) is 5.92 Å². The van der Waals surface area contributed by atoms with Crippen LogP contribution in [0.15, 0.2) is 22.7 Å². The molecule has 21 heavy (non-hydrogen) atoms. The van der Waals surface area contributed by atoms with Gasteiger partial charge >= 0.3 is 12.0 Å². The van der Waals surface area contributed by atoms with Crippen molar-refractivity contribution in [1.82, 2.24) is 5.32 Å². The summed E-state index contributed by atoms with van der Waals surface area (Å²) < 4.78 is 0.597. The fourth-order valence-electron chi connectivity index (χ4n) is 2.53. The topological polar surface area (TPSA) is 78.4 Å². The van der Waals surface area contributed by atoms with Gasteiger partial charge in [0.05, 0.1) is 21.1 Å². The van der Waals surface area contributed by atoms with Crippen molar-refractivity contribution in [2.24, 2.45) is 5.92 Å². The number of carboxylic acids is 1. The molecule has 1 aromatic rings. The van der Waals surface area contributed by atoms with Crippen molar-refractivity contribution in [3.63, 3.8) is 0 Å². The smallest absolute Gasteiger partial charge is 0.319 e. The molecule has 1 aromatic carbocycles. The average Bonchev–Trinajstić information content (AvgIpc) is 2.44. The molecule has 2 atom stereocenters. The number of carboxylic acid groups (broad SMARTS) is 1. The second-order valence-corrected chi connectivity index (χ2v) is 6.24. The maximum atomic E-state index is 12.0. The molecule has 0 radical (unpaired) electrons. The number of amides is 2. The van der Waals surface area contributed by atoms with Crippen LogP contribution in [0.3, 0.4) is 0 Å². The molecule has 0 spiro atoms. The molecule has 0 bridgehead atoms. The number of halogens is 2. The van der Waals surface area contributed by atoms with Gasteiger partial charge in [0.15, 0.2) is 0 Å². The molecule has 0 aromatic heterocycles. The van der Waals surface area contributed by atoms with E-state index in [9.17, 15) is 14.7 Å². The summed E-state index contributed by atoms with van der Waals surface area (Å²) >= 11 is 9.26. The molecule has 1 aliphatic carbocycles. The van der Waals surface area contributed by atoms with Crippen LogP contribution in [-0.4, -0.2) is 23.1 Å². The van der Waals surface area contributed by atoms with E-state index in [0.717, 1.165) is 12.8 Å². The quantitative estimate of drug-likeness (QED) is 0.750. The Kier molecular flexibility index (Phi) is 5.47. The first-order chi connectivity index (χ1) is 9.99. The van der Waals surface area contributed by atoms with Crippen LogP contribution in [0.4, 0.5) is 10.5 Å². The first-order valence-corrected chi connectivity index (χ1v) is 7.90. The van der Waals surface area contributed by atoms with Gasteiger partial charge in [-0.15, -0.1) is 0 Å². The minimum atomic E-state index is -0.857. The van der Waals surface area contributed by atoms with Crippen LogP contribution in [0.5, 0.6) is 0 Å². The third kappa shape index (κ3) is 4.11. The van der Waals surface area contributed by atoms with E-state index >= 15 is 0 Å². The standard InChI is InChI=1S/C14H16BrClN2O3/c15-12-9(16)5-3-7-11(12)18-14(21)17-10-6-2-1-4-8(10)13(19)20/h3,5,7-8,10H,1-2,4,6H2,(H,19,20)(H2,17,18,21). The zero-order valence-electron chi connectivity index (χ0n) is 11.2. The number of urea groups is 1. The molecule has 0 saturated heterocycles. The average molecular weight is 376 g/mol. The van der Waals surface area contributed by atoms with Gasteiger partial charge in [-0.1, -0.05) is 30.5 Å². The van der Waals surface area contributed by atoms with Crippen molar-refractivity contribution in [1.29, 1.82) is 0 Å². The predicted octanol–water partition coefficient (Wildman–Crippen LogP) is 3.87. The summed E-state index contributed by atoms with van der Waals surface area (Å²) in [6.45, 7) is 0. The molecule has 1 aliphatic rings. The van der Waals surface area contributed by atoms with Crippen LogP contribution in [-0.2, 0) is 4.79 Å². The number of carbonyl (C=O) groups is 2. The number of nitrogens with one attached hydrogen (secondary N) is 2. The van der Waals surface area contributed by atoms with Crippen molar-refractivity contribution in [2.75, 3.05) is 5.32 Å². The number of hydrogen-bond donors (Lipinski definition) is 3. The number of anilines is 1. The second kappa shape index (κ2) is 7.13. The Morgan fingerprint density at radius 3 is 2.71 bits per heavy atom. The summed E-state index contributed by atoms with van der Waals surface area (Å²) in [5, 5.41) is 15.1. The Balaban J connectivity index is 2.00. The van der Waals surface area contributed by atoms with Crippen LogP contribution in [0.2, 0.25) is 5.02 Å². The molecule has 3 N–H and O–H groups in total. The van der Waals surface area contributed by atoms with E-state index in [0.29, 0.717) is 28.0 Å². The Morgan fingerprint density at radius 1 is 1.29 bits per heavy atom. The molecule has 1 saturated carbocycles. The Morgan fingerprint density at radius 2 is 2.00 bits per heavy atom. The van der Waals surface area contributed by atoms with Gasteiger partial charge in [-0.05, 0) is 40.9 Å². The normalized spacial score (nSPS) is 21.6. The molecular weight excluding hydrogens is 360 g/mol. The number of rotatable bonds is 3. The van der Waals surface area contributed by atoms with Crippen LogP contribution in [0.1, 0.15) is 25.7 Å². The number of benzene rings is 1. The van der Waals surface area contributed by atoms with E-state index in [2.05, 4.69) is 26.6 Å². The molecule has 7 heteroatoms. The minimum Gasteiger partial charge on any atom is -0.481 e. The first kappa shape index (κ1) is 16.1. The molecule has 0 aliphatic heterocycles. The van der Waals surface area contributed by atoms with Gasteiger partial charge in [-0.3, -0.25) is 4.79 Å². The van der Waals surface area contributed by atoms with E-state index in [1.165, 1.54) is 0 Å². The summed E-state index contributed by atoms with van der Waals surface area (Å²) in [5.74, 6) is -1.38. The van der Waals surface area contributed by atoms with Gasteiger partial charge < -0.3 is 15.7 Å². The van der Waals surface area contributed by atoms with Crippen LogP contribution in [0.25, 0.3) is 0 Å². The second-order valence-electron chi connectivity index (χ2n) is 5.04. The molecule has 114 valence electrons. The molecular formula is C14H16BrClN2O3. The van der Waals surface area contributed by atoms with E-state index in [1.807, 2.05) is 0 Å². The van der Waals surface area contributed by atoms with E-state index in [4.69, 9.17) is 11.6 Å². The minimum absolute atomic E-state index is 0.339. The van der Waals surface area contributed by atoms with Gasteiger partial charge in [0.2, 0.25) is 0 Å².